The first-order valence-corrected chi connectivity index (χ1v) is 5.57. The van der Waals surface area contributed by atoms with Gasteiger partial charge in [0.25, 0.3) is 0 Å². The number of ether oxygens (including phenoxy) is 1. The standard InChI is InChI=1S/C11H9BrFN3O/c1-6-2-3-7(13)8(4-6)17-11-9(12)10(14)15-5-16-11/h2-5H,1H3,(H2,14,15,16). The van der Waals surface area contributed by atoms with Crippen molar-refractivity contribution in [2.75, 3.05) is 5.73 Å². The number of benzene rings is 1. The van der Waals surface area contributed by atoms with E-state index in [1.54, 1.807) is 12.1 Å². The predicted octanol–water partition coefficient (Wildman–Crippen LogP) is 3.06. The Bertz CT molecular complexity index is 562. The number of nitrogens with zero attached hydrogens (tertiary/aromatic N) is 2. The minimum absolute atomic E-state index is 0.101. The molecule has 4 nitrogen and oxygen atoms in total. The first-order chi connectivity index (χ1) is 8.08. The molecule has 0 fully saturated rings. The molecule has 0 aliphatic carbocycles. The SMILES string of the molecule is Cc1ccc(F)c(Oc2ncnc(N)c2Br)c1. The summed E-state index contributed by atoms with van der Waals surface area (Å²) in [6.45, 7) is 1.84. The van der Waals surface area contributed by atoms with Crippen LogP contribution in [0.4, 0.5) is 10.2 Å². The summed E-state index contributed by atoms with van der Waals surface area (Å²) >= 11 is 3.18. The van der Waals surface area contributed by atoms with Crippen molar-refractivity contribution >= 4 is 21.7 Å². The normalized spacial score (nSPS) is 10.3. The molecule has 0 spiro atoms. The van der Waals surface area contributed by atoms with Crippen molar-refractivity contribution in [1.29, 1.82) is 0 Å². The third-order valence-corrected chi connectivity index (χ3v) is 2.82. The molecule has 6 heteroatoms. The van der Waals surface area contributed by atoms with Gasteiger partial charge in [0.15, 0.2) is 11.6 Å². The van der Waals surface area contributed by atoms with E-state index in [0.29, 0.717) is 4.47 Å². The molecule has 0 unspecified atom stereocenters. The van der Waals surface area contributed by atoms with E-state index in [0.717, 1.165) is 5.56 Å². The van der Waals surface area contributed by atoms with Crippen LogP contribution in [0.1, 0.15) is 5.56 Å². The van der Waals surface area contributed by atoms with E-state index >= 15 is 0 Å². The molecule has 0 atom stereocenters. The molecule has 2 aromatic rings. The van der Waals surface area contributed by atoms with Gasteiger partial charge in [0.2, 0.25) is 5.88 Å². The number of halogens is 2. The highest BCUT2D eigenvalue weighted by Crippen LogP contribution is 2.31. The third-order valence-electron chi connectivity index (χ3n) is 2.08. The lowest BCUT2D eigenvalue weighted by Crippen LogP contribution is -1.97. The predicted molar refractivity (Wildman–Crippen MR) is 65.4 cm³/mol. The van der Waals surface area contributed by atoms with Crippen LogP contribution in [0.5, 0.6) is 11.6 Å². The molecular weight excluding hydrogens is 289 g/mol. The van der Waals surface area contributed by atoms with E-state index in [2.05, 4.69) is 25.9 Å². The van der Waals surface area contributed by atoms with Gasteiger partial charge in [-0.2, -0.15) is 0 Å². The maximum atomic E-state index is 13.5. The van der Waals surface area contributed by atoms with Gasteiger partial charge in [-0.1, -0.05) is 6.07 Å². The molecule has 0 aliphatic heterocycles. The molecule has 88 valence electrons. The zero-order chi connectivity index (χ0) is 12.4. The van der Waals surface area contributed by atoms with E-state index in [1.807, 2.05) is 6.92 Å². The summed E-state index contributed by atoms with van der Waals surface area (Å²) in [6, 6.07) is 4.58. The van der Waals surface area contributed by atoms with Gasteiger partial charge >= 0.3 is 0 Å². The highest BCUT2D eigenvalue weighted by atomic mass is 79.9. The Balaban J connectivity index is 2.38. The molecule has 0 radical (unpaired) electrons. The average molecular weight is 298 g/mol. The lowest BCUT2D eigenvalue weighted by Gasteiger charge is -2.08. The third kappa shape index (κ3) is 2.52. The largest absolute Gasteiger partial charge is 0.435 e. The van der Waals surface area contributed by atoms with Gasteiger partial charge in [-0.05, 0) is 40.5 Å². The van der Waals surface area contributed by atoms with Gasteiger partial charge < -0.3 is 10.5 Å². The van der Waals surface area contributed by atoms with Crippen molar-refractivity contribution in [1.82, 2.24) is 9.97 Å². The quantitative estimate of drug-likeness (QED) is 0.925. The summed E-state index contributed by atoms with van der Waals surface area (Å²) in [7, 11) is 0. The second kappa shape index (κ2) is 4.67. The molecular formula is C11H9BrFN3O. The lowest BCUT2D eigenvalue weighted by atomic mass is 10.2. The first-order valence-electron chi connectivity index (χ1n) is 4.78. The summed E-state index contributed by atoms with van der Waals surface area (Å²) in [5, 5.41) is 0. The Morgan fingerprint density at radius 1 is 1.35 bits per heavy atom. The van der Waals surface area contributed by atoms with Gasteiger partial charge in [-0.3, -0.25) is 0 Å². The van der Waals surface area contributed by atoms with Gasteiger partial charge in [-0.15, -0.1) is 0 Å². The van der Waals surface area contributed by atoms with Crippen LogP contribution in [-0.4, -0.2) is 9.97 Å². The van der Waals surface area contributed by atoms with Crippen LogP contribution >= 0.6 is 15.9 Å². The Morgan fingerprint density at radius 3 is 2.88 bits per heavy atom. The maximum absolute atomic E-state index is 13.5. The number of hydrogen-bond donors (Lipinski definition) is 1. The summed E-state index contributed by atoms with van der Waals surface area (Å²) in [6.07, 6.45) is 1.25. The zero-order valence-electron chi connectivity index (χ0n) is 8.95. The Kier molecular flexibility index (Phi) is 3.23. The molecule has 0 bridgehead atoms. The second-order valence-electron chi connectivity index (χ2n) is 3.41. The summed E-state index contributed by atoms with van der Waals surface area (Å²) < 4.78 is 19.2. The highest BCUT2D eigenvalue weighted by molar-refractivity contribution is 9.10. The Labute approximate surface area is 106 Å². The van der Waals surface area contributed by atoms with Crippen molar-refractivity contribution < 1.29 is 9.13 Å². The molecule has 0 saturated carbocycles. The minimum Gasteiger partial charge on any atom is -0.435 e. The molecule has 2 rings (SSSR count). The van der Waals surface area contributed by atoms with Crippen molar-refractivity contribution in [3.63, 3.8) is 0 Å². The van der Waals surface area contributed by atoms with E-state index < -0.39 is 5.82 Å². The molecule has 0 aliphatic rings. The number of hydrogen-bond acceptors (Lipinski definition) is 4. The fraction of sp³-hybridized carbons (Fsp3) is 0.0909. The van der Waals surface area contributed by atoms with Crippen molar-refractivity contribution in [3.05, 3.63) is 40.4 Å². The van der Waals surface area contributed by atoms with Gasteiger partial charge in [-0.25, -0.2) is 14.4 Å². The monoisotopic (exact) mass is 297 g/mol. The van der Waals surface area contributed by atoms with E-state index in [1.165, 1.54) is 12.4 Å². The Hall–Kier alpha value is -1.69. The number of aromatic nitrogens is 2. The summed E-state index contributed by atoms with van der Waals surface area (Å²) in [5.41, 5.74) is 6.46. The number of anilines is 1. The molecule has 17 heavy (non-hydrogen) atoms. The smallest absolute Gasteiger partial charge is 0.239 e. The molecule has 1 aromatic carbocycles. The lowest BCUT2D eigenvalue weighted by molar-refractivity contribution is 0.424. The van der Waals surface area contributed by atoms with Crippen LogP contribution in [0.2, 0.25) is 0 Å². The molecule has 1 heterocycles. The minimum atomic E-state index is -0.459. The number of nitrogen functional groups attached to an aromatic ring is 1. The van der Waals surface area contributed by atoms with E-state index in [-0.39, 0.29) is 17.4 Å². The summed E-state index contributed by atoms with van der Waals surface area (Å²) in [5.74, 6) is 0.0635. The van der Waals surface area contributed by atoms with Gasteiger partial charge in [0.1, 0.15) is 16.6 Å². The average Bonchev–Trinajstić information content (AvgIpc) is 2.30. The van der Waals surface area contributed by atoms with Crippen LogP contribution in [0.3, 0.4) is 0 Å². The van der Waals surface area contributed by atoms with Gasteiger partial charge in [0, 0.05) is 0 Å². The number of aryl methyl sites for hydroxylation is 1. The maximum Gasteiger partial charge on any atom is 0.239 e. The fourth-order valence-corrected chi connectivity index (χ4v) is 1.52. The first kappa shape index (κ1) is 11.8. The van der Waals surface area contributed by atoms with Crippen molar-refractivity contribution in [2.45, 2.75) is 6.92 Å². The fourth-order valence-electron chi connectivity index (χ4n) is 1.23. The van der Waals surface area contributed by atoms with Crippen LogP contribution in [0, 0.1) is 12.7 Å². The molecule has 2 N–H and O–H groups in total. The summed E-state index contributed by atoms with van der Waals surface area (Å²) in [4.78, 5) is 7.65. The van der Waals surface area contributed by atoms with E-state index in [4.69, 9.17) is 10.5 Å². The highest BCUT2D eigenvalue weighted by Gasteiger charge is 2.11. The molecule has 0 amide bonds. The van der Waals surface area contributed by atoms with Crippen molar-refractivity contribution in [3.8, 4) is 11.6 Å². The number of nitrogens with two attached hydrogens (primary N) is 1. The second-order valence-corrected chi connectivity index (χ2v) is 4.21. The molecule has 0 saturated heterocycles. The topological polar surface area (TPSA) is 61.0 Å². The van der Waals surface area contributed by atoms with Crippen LogP contribution < -0.4 is 10.5 Å². The Morgan fingerprint density at radius 2 is 2.12 bits per heavy atom. The van der Waals surface area contributed by atoms with Crippen molar-refractivity contribution in [2.24, 2.45) is 0 Å². The zero-order valence-corrected chi connectivity index (χ0v) is 10.5. The number of rotatable bonds is 2. The van der Waals surface area contributed by atoms with Crippen LogP contribution in [0.25, 0.3) is 0 Å². The van der Waals surface area contributed by atoms with Gasteiger partial charge in [0.05, 0.1) is 0 Å². The van der Waals surface area contributed by atoms with Crippen LogP contribution in [0.15, 0.2) is 29.0 Å². The molecule has 1 aromatic heterocycles. The van der Waals surface area contributed by atoms with E-state index in [9.17, 15) is 4.39 Å². The van der Waals surface area contributed by atoms with Crippen LogP contribution in [-0.2, 0) is 0 Å².